The Labute approximate surface area is 141 Å². The van der Waals surface area contributed by atoms with E-state index in [4.69, 9.17) is 9.47 Å². The number of benzene rings is 1. The van der Waals surface area contributed by atoms with Crippen molar-refractivity contribution in [3.05, 3.63) is 46.2 Å². The lowest BCUT2D eigenvalue weighted by Gasteiger charge is -2.25. The zero-order valence-electron chi connectivity index (χ0n) is 13.5. The molecule has 1 aliphatic heterocycles. The third-order valence-electron chi connectivity index (χ3n) is 4.15. The van der Waals surface area contributed by atoms with E-state index in [0.29, 0.717) is 19.4 Å². The van der Waals surface area contributed by atoms with Crippen LogP contribution < -0.4 is 14.8 Å². The van der Waals surface area contributed by atoms with E-state index < -0.39 is 5.60 Å². The fourth-order valence-corrected chi connectivity index (χ4v) is 3.41. The maximum Gasteiger partial charge on any atom is 0.231 e. The summed E-state index contributed by atoms with van der Waals surface area (Å²) in [6.45, 7) is 4.87. The predicted octanol–water partition coefficient (Wildman–Crippen LogP) is 3.30. The van der Waals surface area contributed by atoms with Crippen LogP contribution in [0.15, 0.2) is 35.7 Å². The largest absolute Gasteiger partial charge is 0.454 e. The van der Waals surface area contributed by atoms with Gasteiger partial charge in [0.2, 0.25) is 6.79 Å². The Morgan fingerprint density at radius 1 is 1.30 bits per heavy atom. The molecule has 0 radical (unpaired) electrons. The van der Waals surface area contributed by atoms with Gasteiger partial charge >= 0.3 is 0 Å². The zero-order chi connectivity index (χ0) is 16.3. The van der Waals surface area contributed by atoms with Crippen LogP contribution in [0.2, 0.25) is 0 Å². The molecule has 2 atom stereocenters. The van der Waals surface area contributed by atoms with E-state index in [1.807, 2.05) is 30.5 Å². The van der Waals surface area contributed by atoms with Crippen LogP contribution in [0.25, 0.3) is 0 Å². The van der Waals surface area contributed by atoms with Gasteiger partial charge in [0.15, 0.2) is 11.5 Å². The van der Waals surface area contributed by atoms with Gasteiger partial charge in [0.25, 0.3) is 0 Å². The highest BCUT2D eigenvalue weighted by Gasteiger charge is 2.24. The molecule has 0 spiro atoms. The molecule has 2 aromatic rings. The molecule has 1 aromatic carbocycles. The number of aryl methyl sites for hydroxylation is 1. The summed E-state index contributed by atoms with van der Waals surface area (Å²) in [6, 6.07) is 10.4. The molecule has 3 rings (SSSR count). The summed E-state index contributed by atoms with van der Waals surface area (Å²) in [7, 11) is 0. The molecule has 4 nitrogen and oxygen atoms in total. The molecule has 5 heteroatoms. The molecule has 0 saturated heterocycles. The Kier molecular flexibility index (Phi) is 4.90. The van der Waals surface area contributed by atoms with E-state index in [0.717, 1.165) is 29.2 Å². The minimum Gasteiger partial charge on any atom is -0.454 e. The molecule has 1 aliphatic rings. The van der Waals surface area contributed by atoms with Crippen molar-refractivity contribution >= 4 is 11.3 Å². The van der Waals surface area contributed by atoms with E-state index in [1.165, 1.54) is 5.56 Å². The van der Waals surface area contributed by atoms with Crippen LogP contribution in [-0.4, -0.2) is 24.5 Å². The van der Waals surface area contributed by atoms with Crippen molar-refractivity contribution in [1.82, 2.24) is 5.32 Å². The Balaban J connectivity index is 1.47. The fraction of sp³-hybridized carbons (Fsp3) is 0.444. The van der Waals surface area contributed by atoms with Crippen molar-refractivity contribution in [3.63, 3.8) is 0 Å². The second-order valence-electron chi connectivity index (χ2n) is 6.26. The maximum atomic E-state index is 10.5. The van der Waals surface area contributed by atoms with E-state index in [9.17, 15) is 5.11 Å². The Morgan fingerprint density at radius 2 is 2.13 bits per heavy atom. The average molecular weight is 333 g/mol. The first-order valence-corrected chi connectivity index (χ1v) is 8.81. The molecule has 1 aromatic heterocycles. The van der Waals surface area contributed by atoms with Gasteiger partial charge in [-0.15, -0.1) is 11.3 Å². The summed E-state index contributed by atoms with van der Waals surface area (Å²) < 4.78 is 10.7. The Hall–Kier alpha value is -1.56. The minimum atomic E-state index is -0.818. The van der Waals surface area contributed by atoms with Crippen molar-refractivity contribution in [1.29, 1.82) is 0 Å². The first-order valence-electron chi connectivity index (χ1n) is 7.93. The van der Waals surface area contributed by atoms with Crippen molar-refractivity contribution in [2.24, 2.45) is 0 Å². The average Bonchev–Trinajstić information content (AvgIpc) is 3.21. The minimum absolute atomic E-state index is 0.314. The van der Waals surface area contributed by atoms with Gasteiger partial charge in [-0.25, -0.2) is 0 Å². The van der Waals surface area contributed by atoms with Crippen LogP contribution >= 0.6 is 11.3 Å². The molecule has 2 N–H and O–H groups in total. The smallest absolute Gasteiger partial charge is 0.231 e. The van der Waals surface area contributed by atoms with Crippen LogP contribution in [0.5, 0.6) is 11.5 Å². The molecule has 124 valence electrons. The molecular formula is C18H23NO3S. The standard InChI is InChI=1S/C18H23NO3S/c1-13(19-11-18(2,20)17-4-3-9-23-17)5-6-14-7-8-15-16(10-14)22-12-21-15/h3-4,7-10,13,19-20H,5-6,11-12H2,1-2H3. The highest BCUT2D eigenvalue weighted by Crippen LogP contribution is 2.32. The maximum absolute atomic E-state index is 10.5. The molecule has 0 amide bonds. The number of ether oxygens (including phenoxy) is 2. The van der Waals surface area contributed by atoms with Gasteiger partial charge in [0.05, 0.1) is 0 Å². The number of rotatable bonds is 7. The number of hydrogen-bond donors (Lipinski definition) is 2. The van der Waals surface area contributed by atoms with Crippen LogP contribution in [0.4, 0.5) is 0 Å². The van der Waals surface area contributed by atoms with Crippen LogP contribution in [-0.2, 0) is 12.0 Å². The van der Waals surface area contributed by atoms with E-state index in [2.05, 4.69) is 24.4 Å². The van der Waals surface area contributed by atoms with Gasteiger partial charge in [-0.05, 0) is 55.8 Å². The number of aliphatic hydroxyl groups is 1. The van der Waals surface area contributed by atoms with Crippen molar-refractivity contribution in [3.8, 4) is 11.5 Å². The van der Waals surface area contributed by atoms with Crippen LogP contribution in [0.1, 0.15) is 30.7 Å². The van der Waals surface area contributed by atoms with E-state index >= 15 is 0 Å². The lowest BCUT2D eigenvalue weighted by Crippen LogP contribution is -2.39. The van der Waals surface area contributed by atoms with Crippen LogP contribution in [0.3, 0.4) is 0 Å². The van der Waals surface area contributed by atoms with Gasteiger partial charge in [-0.1, -0.05) is 12.1 Å². The first kappa shape index (κ1) is 16.3. The Morgan fingerprint density at radius 3 is 2.91 bits per heavy atom. The molecule has 0 saturated carbocycles. The van der Waals surface area contributed by atoms with Gasteiger partial charge in [-0.3, -0.25) is 0 Å². The summed E-state index contributed by atoms with van der Waals surface area (Å²) in [6.07, 6.45) is 1.96. The second-order valence-corrected chi connectivity index (χ2v) is 7.21. The van der Waals surface area contributed by atoms with Gasteiger partial charge in [0.1, 0.15) is 5.60 Å². The molecule has 2 unspecified atom stereocenters. The first-order chi connectivity index (χ1) is 11.0. The topological polar surface area (TPSA) is 50.7 Å². The number of fused-ring (bicyclic) bond motifs is 1. The lowest BCUT2D eigenvalue weighted by atomic mass is 10.0. The monoisotopic (exact) mass is 333 g/mol. The number of nitrogens with one attached hydrogen (secondary N) is 1. The summed E-state index contributed by atoms with van der Waals surface area (Å²) in [5.74, 6) is 1.66. The SMILES string of the molecule is CC(CCc1ccc2c(c1)OCO2)NCC(C)(O)c1cccs1. The van der Waals surface area contributed by atoms with Crippen LogP contribution in [0, 0.1) is 0 Å². The highest BCUT2D eigenvalue weighted by atomic mass is 32.1. The lowest BCUT2D eigenvalue weighted by molar-refractivity contribution is 0.0578. The molecule has 0 aliphatic carbocycles. The van der Waals surface area contributed by atoms with Gasteiger partial charge in [-0.2, -0.15) is 0 Å². The molecule has 23 heavy (non-hydrogen) atoms. The van der Waals surface area contributed by atoms with E-state index in [-0.39, 0.29) is 0 Å². The van der Waals surface area contributed by atoms with Crippen molar-refractivity contribution < 1.29 is 14.6 Å². The van der Waals surface area contributed by atoms with Gasteiger partial charge < -0.3 is 19.9 Å². The number of thiophene rings is 1. The summed E-state index contributed by atoms with van der Waals surface area (Å²) >= 11 is 1.59. The fourth-order valence-electron chi connectivity index (χ4n) is 2.63. The van der Waals surface area contributed by atoms with Crippen molar-refractivity contribution in [2.45, 2.75) is 38.3 Å². The summed E-state index contributed by atoms with van der Waals surface area (Å²) in [4.78, 5) is 0.993. The third kappa shape index (κ3) is 4.05. The Bertz CT molecular complexity index is 640. The van der Waals surface area contributed by atoms with Gasteiger partial charge in [0, 0.05) is 17.5 Å². The molecule has 0 fully saturated rings. The summed E-state index contributed by atoms with van der Waals surface area (Å²) in [5, 5.41) is 16.0. The second kappa shape index (κ2) is 6.91. The zero-order valence-corrected chi connectivity index (χ0v) is 14.4. The molecule has 2 heterocycles. The molecule has 0 bridgehead atoms. The molecular weight excluding hydrogens is 310 g/mol. The third-order valence-corrected chi connectivity index (χ3v) is 5.27. The summed E-state index contributed by atoms with van der Waals surface area (Å²) in [5.41, 5.74) is 0.425. The van der Waals surface area contributed by atoms with Crippen molar-refractivity contribution in [2.75, 3.05) is 13.3 Å². The normalized spacial score (nSPS) is 17.0. The predicted molar refractivity (Wildman–Crippen MR) is 92.2 cm³/mol. The van der Waals surface area contributed by atoms with E-state index in [1.54, 1.807) is 11.3 Å². The number of hydrogen-bond acceptors (Lipinski definition) is 5. The highest BCUT2D eigenvalue weighted by molar-refractivity contribution is 7.10. The quantitative estimate of drug-likeness (QED) is 0.816.